The molecule has 0 unspecified atom stereocenters. The van der Waals surface area contributed by atoms with Crippen molar-refractivity contribution in [2.75, 3.05) is 13.1 Å². The first-order valence-corrected chi connectivity index (χ1v) is 4.42. The van der Waals surface area contributed by atoms with E-state index in [4.69, 9.17) is 39.6 Å². The Morgan fingerprint density at radius 2 is 0.882 bits per heavy atom. The minimum Gasteiger partial charge on any atom is -0.473 e. The Morgan fingerprint density at radius 1 is 0.647 bits per heavy atom. The molecule has 0 aliphatic carbocycles. The van der Waals surface area contributed by atoms with Gasteiger partial charge in [-0.1, -0.05) is 0 Å². The average molecular weight is 251 g/mol. The van der Waals surface area contributed by atoms with Crippen molar-refractivity contribution in [3.63, 3.8) is 0 Å². The maximum Gasteiger partial charge on any atom is 0.414 e. The largest absolute Gasteiger partial charge is 0.473 e. The quantitative estimate of drug-likeness (QED) is 0.329. The van der Waals surface area contributed by atoms with Crippen molar-refractivity contribution in [1.82, 2.24) is 5.32 Å². The molecule has 1 heterocycles. The van der Waals surface area contributed by atoms with Gasteiger partial charge in [0.05, 0.1) is 0 Å². The zero-order valence-electron chi connectivity index (χ0n) is 8.75. The number of aliphatic carboxylic acids is 4. The van der Waals surface area contributed by atoms with E-state index in [1.807, 2.05) is 0 Å². The summed E-state index contributed by atoms with van der Waals surface area (Å²) in [5.41, 5.74) is 0. The molecule has 9 nitrogen and oxygen atoms in total. The van der Waals surface area contributed by atoms with Crippen LogP contribution in [0, 0.1) is 0 Å². The second kappa shape index (κ2) is 10.4. The lowest BCUT2D eigenvalue weighted by Crippen LogP contribution is -2.09. The third kappa shape index (κ3) is 16.5. The van der Waals surface area contributed by atoms with Gasteiger partial charge in [0.1, 0.15) is 0 Å². The zero-order chi connectivity index (χ0) is 13.8. The van der Waals surface area contributed by atoms with Crippen molar-refractivity contribution >= 4 is 23.9 Å². The van der Waals surface area contributed by atoms with Crippen LogP contribution in [0.25, 0.3) is 0 Å². The molecule has 0 saturated carbocycles. The van der Waals surface area contributed by atoms with Crippen LogP contribution in [0.3, 0.4) is 0 Å². The van der Waals surface area contributed by atoms with Crippen LogP contribution >= 0.6 is 0 Å². The molecule has 1 fully saturated rings. The summed E-state index contributed by atoms with van der Waals surface area (Å²) >= 11 is 0. The van der Waals surface area contributed by atoms with Crippen LogP contribution in [-0.2, 0) is 19.2 Å². The Morgan fingerprint density at radius 3 is 0.941 bits per heavy atom. The van der Waals surface area contributed by atoms with E-state index in [1.165, 1.54) is 25.9 Å². The van der Waals surface area contributed by atoms with Crippen molar-refractivity contribution in [1.29, 1.82) is 0 Å². The summed E-state index contributed by atoms with van der Waals surface area (Å²) < 4.78 is 0. The van der Waals surface area contributed by atoms with Gasteiger partial charge in [0, 0.05) is 0 Å². The van der Waals surface area contributed by atoms with Crippen molar-refractivity contribution in [3.8, 4) is 0 Å². The molecular weight excluding hydrogens is 238 g/mol. The van der Waals surface area contributed by atoms with Gasteiger partial charge < -0.3 is 25.7 Å². The van der Waals surface area contributed by atoms with E-state index in [0.717, 1.165) is 0 Å². The first kappa shape index (κ1) is 17.2. The van der Waals surface area contributed by atoms with Crippen LogP contribution in [0.4, 0.5) is 0 Å². The summed E-state index contributed by atoms with van der Waals surface area (Å²) in [6.07, 6.45) is 2.78. The molecule has 0 bridgehead atoms. The normalized spacial score (nSPS) is 12.2. The smallest absolute Gasteiger partial charge is 0.414 e. The highest BCUT2D eigenvalue weighted by atomic mass is 16.4. The molecule has 5 N–H and O–H groups in total. The first-order valence-electron chi connectivity index (χ1n) is 4.42. The molecule has 0 amide bonds. The van der Waals surface area contributed by atoms with Crippen LogP contribution in [0.2, 0.25) is 0 Å². The van der Waals surface area contributed by atoms with E-state index in [9.17, 15) is 0 Å². The lowest BCUT2D eigenvalue weighted by Gasteiger charge is -1.76. The van der Waals surface area contributed by atoms with Gasteiger partial charge in [0.15, 0.2) is 0 Å². The summed E-state index contributed by atoms with van der Waals surface area (Å²) in [5, 5.41) is 32.8. The SMILES string of the molecule is C1CCNC1.O=C(O)C(=O)O.O=C(O)C(=O)O. The Kier molecular flexibility index (Phi) is 10.5. The first-order chi connectivity index (χ1) is 7.79. The third-order valence-corrected chi connectivity index (χ3v) is 1.32. The van der Waals surface area contributed by atoms with Gasteiger partial charge in [-0.3, -0.25) is 0 Å². The van der Waals surface area contributed by atoms with Crippen LogP contribution in [0.1, 0.15) is 12.8 Å². The summed E-state index contributed by atoms with van der Waals surface area (Å²) in [7, 11) is 0. The van der Waals surface area contributed by atoms with Crippen LogP contribution < -0.4 is 5.32 Å². The Bertz CT molecular complexity index is 228. The topological polar surface area (TPSA) is 161 Å². The highest BCUT2D eigenvalue weighted by Crippen LogP contribution is 1.90. The molecule has 98 valence electrons. The van der Waals surface area contributed by atoms with Crippen molar-refractivity contribution in [2.24, 2.45) is 0 Å². The molecule has 0 aromatic heterocycles. The van der Waals surface area contributed by atoms with E-state index < -0.39 is 23.9 Å². The van der Waals surface area contributed by atoms with E-state index in [2.05, 4.69) is 5.32 Å². The van der Waals surface area contributed by atoms with Gasteiger partial charge in [0.2, 0.25) is 0 Å². The number of rotatable bonds is 0. The minimum atomic E-state index is -1.82. The van der Waals surface area contributed by atoms with Gasteiger partial charge in [-0.2, -0.15) is 0 Å². The summed E-state index contributed by atoms with van der Waals surface area (Å²) in [4.78, 5) is 36.4. The number of carboxylic acid groups (broad SMARTS) is 4. The maximum atomic E-state index is 9.10. The lowest BCUT2D eigenvalue weighted by molar-refractivity contribution is -0.159. The lowest BCUT2D eigenvalue weighted by atomic mass is 10.4. The van der Waals surface area contributed by atoms with E-state index in [-0.39, 0.29) is 0 Å². The van der Waals surface area contributed by atoms with Crippen LogP contribution in [-0.4, -0.2) is 57.4 Å². The molecule has 9 heteroatoms. The average Bonchev–Trinajstić information content (AvgIpc) is 2.75. The van der Waals surface area contributed by atoms with Crippen molar-refractivity contribution < 1.29 is 39.6 Å². The highest BCUT2D eigenvalue weighted by Gasteiger charge is 2.04. The summed E-state index contributed by atoms with van der Waals surface area (Å²) in [6, 6.07) is 0. The predicted octanol–water partition coefficient (Wildman–Crippen LogP) is -1.32. The summed E-state index contributed by atoms with van der Waals surface area (Å²) in [6.45, 7) is 2.50. The van der Waals surface area contributed by atoms with Gasteiger partial charge in [-0.25, -0.2) is 19.2 Å². The number of carboxylic acids is 4. The van der Waals surface area contributed by atoms with E-state index >= 15 is 0 Å². The molecule has 0 radical (unpaired) electrons. The van der Waals surface area contributed by atoms with Gasteiger partial charge >= 0.3 is 23.9 Å². The highest BCUT2D eigenvalue weighted by molar-refractivity contribution is 6.27. The molecule has 0 aromatic carbocycles. The fourth-order valence-electron chi connectivity index (χ4n) is 0.625. The second-order valence-corrected chi connectivity index (χ2v) is 2.68. The fourth-order valence-corrected chi connectivity index (χ4v) is 0.625. The standard InChI is InChI=1S/C4H9N.2C2H2O4/c1-2-4-5-3-1;2*3-1(4)2(5)6/h5H,1-4H2;2*(H,3,4)(H,5,6). The second-order valence-electron chi connectivity index (χ2n) is 2.68. The number of hydrogen-bond donors (Lipinski definition) is 5. The fraction of sp³-hybridized carbons (Fsp3) is 0.500. The molecule has 1 aliphatic heterocycles. The van der Waals surface area contributed by atoms with E-state index in [1.54, 1.807) is 0 Å². The molecule has 1 saturated heterocycles. The van der Waals surface area contributed by atoms with E-state index in [0.29, 0.717) is 0 Å². The number of hydrogen-bond acceptors (Lipinski definition) is 5. The molecule has 17 heavy (non-hydrogen) atoms. The van der Waals surface area contributed by atoms with Crippen molar-refractivity contribution in [3.05, 3.63) is 0 Å². The Labute approximate surface area is 95.7 Å². The third-order valence-electron chi connectivity index (χ3n) is 1.32. The Hall–Kier alpha value is -2.16. The minimum absolute atomic E-state index is 1.25. The molecule has 0 spiro atoms. The molecule has 0 atom stereocenters. The molecule has 1 aliphatic rings. The number of carbonyl (C=O) groups is 4. The number of nitrogens with one attached hydrogen (secondary N) is 1. The zero-order valence-corrected chi connectivity index (χ0v) is 8.75. The molecular formula is C8H13NO8. The van der Waals surface area contributed by atoms with Crippen LogP contribution in [0.15, 0.2) is 0 Å². The monoisotopic (exact) mass is 251 g/mol. The van der Waals surface area contributed by atoms with Gasteiger partial charge in [-0.05, 0) is 25.9 Å². The molecule has 0 aromatic rings. The van der Waals surface area contributed by atoms with Gasteiger partial charge in [-0.15, -0.1) is 0 Å². The van der Waals surface area contributed by atoms with Crippen LogP contribution in [0.5, 0.6) is 0 Å². The Balaban J connectivity index is 0. The van der Waals surface area contributed by atoms with Gasteiger partial charge in [0.25, 0.3) is 0 Å². The molecule has 1 rings (SSSR count). The summed E-state index contributed by atoms with van der Waals surface area (Å²) in [5.74, 6) is -7.30. The predicted molar refractivity (Wildman–Crippen MR) is 52.6 cm³/mol. The maximum absolute atomic E-state index is 9.10. The van der Waals surface area contributed by atoms with Crippen molar-refractivity contribution in [2.45, 2.75) is 12.8 Å².